The molecule has 4 rings (SSSR count). The van der Waals surface area contributed by atoms with Gasteiger partial charge in [-0.1, -0.05) is 22.9 Å². The number of ether oxygens (including phenoxy) is 2. The molecule has 9 nitrogen and oxygen atoms in total. The van der Waals surface area contributed by atoms with Gasteiger partial charge in [0.2, 0.25) is 0 Å². The van der Waals surface area contributed by atoms with Crippen LogP contribution in [0.4, 0.5) is 5.69 Å². The first kappa shape index (κ1) is 26.4. The highest BCUT2D eigenvalue weighted by Crippen LogP contribution is 2.24. The van der Waals surface area contributed by atoms with E-state index >= 15 is 0 Å². The van der Waals surface area contributed by atoms with E-state index in [2.05, 4.69) is 9.71 Å². The lowest BCUT2D eigenvalue weighted by Gasteiger charge is -2.08. The van der Waals surface area contributed by atoms with Crippen molar-refractivity contribution in [2.45, 2.75) is 18.4 Å². The SMILES string of the molecule is CCOc1ccc2c(c1)sc(=NC(=O)c1ccc(NS(=O)(=O)c3ccc(Cl)cc3)cc1)n2CC(=O)OC. The predicted molar refractivity (Wildman–Crippen MR) is 142 cm³/mol. The molecule has 1 N–H and O–H groups in total. The number of halogens is 1. The molecule has 0 atom stereocenters. The molecule has 1 aromatic heterocycles. The van der Waals surface area contributed by atoms with E-state index in [-0.39, 0.29) is 22.7 Å². The largest absolute Gasteiger partial charge is 0.494 e. The number of fused-ring (bicyclic) bond motifs is 1. The van der Waals surface area contributed by atoms with E-state index in [9.17, 15) is 18.0 Å². The molecule has 0 unspecified atom stereocenters. The Bertz CT molecular complexity index is 1630. The van der Waals surface area contributed by atoms with Crippen LogP contribution < -0.4 is 14.3 Å². The molecule has 0 spiro atoms. The van der Waals surface area contributed by atoms with Crippen LogP contribution >= 0.6 is 22.9 Å². The summed E-state index contributed by atoms with van der Waals surface area (Å²) in [6, 6.07) is 17.0. The number of nitrogens with zero attached hydrogens (tertiary/aromatic N) is 2. The monoisotopic (exact) mass is 559 g/mol. The second-order valence-corrected chi connectivity index (χ2v) is 10.8. The Hall–Kier alpha value is -3.67. The summed E-state index contributed by atoms with van der Waals surface area (Å²) < 4.78 is 40.4. The van der Waals surface area contributed by atoms with Crippen molar-refractivity contribution in [3.8, 4) is 5.75 Å². The van der Waals surface area contributed by atoms with Crippen LogP contribution in [0.5, 0.6) is 5.75 Å². The van der Waals surface area contributed by atoms with Gasteiger partial charge in [-0.2, -0.15) is 4.99 Å². The fourth-order valence-corrected chi connectivity index (χ4v) is 5.64. The van der Waals surface area contributed by atoms with Crippen molar-refractivity contribution >= 4 is 60.7 Å². The maximum absolute atomic E-state index is 13.0. The Morgan fingerprint density at radius 2 is 1.76 bits per heavy atom. The summed E-state index contributed by atoms with van der Waals surface area (Å²) >= 11 is 7.06. The molecular weight excluding hydrogens is 538 g/mol. The zero-order chi connectivity index (χ0) is 26.6. The first-order valence-electron chi connectivity index (χ1n) is 11.0. The molecular formula is C25H22ClN3O6S2. The Morgan fingerprint density at radius 3 is 2.41 bits per heavy atom. The molecule has 0 bridgehead atoms. The zero-order valence-corrected chi connectivity index (χ0v) is 22.2. The molecule has 3 aromatic carbocycles. The third-order valence-electron chi connectivity index (χ3n) is 5.19. The Labute approximate surface area is 222 Å². The van der Waals surface area contributed by atoms with Crippen molar-refractivity contribution in [3.63, 3.8) is 0 Å². The number of hydrogen-bond acceptors (Lipinski definition) is 7. The van der Waals surface area contributed by atoms with Crippen LogP contribution in [0.2, 0.25) is 5.02 Å². The molecule has 12 heteroatoms. The topological polar surface area (TPSA) is 116 Å². The van der Waals surface area contributed by atoms with E-state index < -0.39 is 21.9 Å². The van der Waals surface area contributed by atoms with E-state index in [4.69, 9.17) is 21.1 Å². The number of aromatic nitrogens is 1. The summed E-state index contributed by atoms with van der Waals surface area (Å²) in [5.41, 5.74) is 1.22. The van der Waals surface area contributed by atoms with Crippen LogP contribution in [0.15, 0.2) is 76.6 Å². The van der Waals surface area contributed by atoms with Crippen LogP contribution in [0, 0.1) is 0 Å². The molecule has 1 heterocycles. The standard InChI is InChI=1S/C25H22ClN3O6S2/c1-3-35-19-10-13-21-22(14-19)36-25(29(21)15-23(30)34-2)27-24(31)16-4-8-18(9-5-16)28-37(32,33)20-11-6-17(26)7-12-20/h4-14,28H,3,15H2,1-2H3. The van der Waals surface area contributed by atoms with E-state index in [0.717, 1.165) is 4.70 Å². The summed E-state index contributed by atoms with van der Waals surface area (Å²) in [4.78, 5) is 29.6. The number of carbonyl (C=O) groups is 2. The highest BCUT2D eigenvalue weighted by atomic mass is 35.5. The Kier molecular flexibility index (Phi) is 7.96. The summed E-state index contributed by atoms with van der Waals surface area (Å²) in [5.74, 6) is -0.377. The highest BCUT2D eigenvalue weighted by Gasteiger charge is 2.16. The molecule has 0 aliphatic carbocycles. The Balaban J connectivity index is 1.62. The van der Waals surface area contributed by atoms with Gasteiger partial charge in [-0.3, -0.25) is 14.3 Å². The molecule has 0 aliphatic heterocycles. The van der Waals surface area contributed by atoms with Crippen LogP contribution in [0.25, 0.3) is 10.2 Å². The van der Waals surface area contributed by atoms with Gasteiger partial charge >= 0.3 is 5.97 Å². The van der Waals surface area contributed by atoms with Gasteiger partial charge in [-0.05, 0) is 73.7 Å². The summed E-state index contributed by atoms with van der Waals surface area (Å²) in [6.07, 6.45) is 0. The van der Waals surface area contributed by atoms with Gasteiger partial charge in [0.15, 0.2) is 4.80 Å². The minimum absolute atomic E-state index is 0.0551. The molecule has 192 valence electrons. The average Bonchev–Trinajstić information content (AvgIpc) is 3.20. The zero-order valence-electron chi connectivity index (χ0n) is 19.8. The molecule has 0 fully saturated rings. The molecule has 0 saturated heterocycles. The lowest BCUT2D eigenvalue weighted by molar-refractivity contribution is -0.141. The predicted octanol–water partition coefficient (Wildman–Crippen LogP) is 4.47. The van der Waals surface area contributed by atoms with E-state index in [1.54, 1.807) is 16.7 Å². The van der Waals surface area contributed by atoms with Gasteiger partial charge in [-0.25, -0.2) is 8.42 Å². The van der Waals surface area contributed by atoms with Gasteiger partial charge in [-0.15, -0.1) is 0 Å². The first-order valence-corrected chi connectivity index (χ1v) is 13.7. The fourth-order valence-electron chi connectivity index (χ4n) is 3.40. The molecule has 0 radical (unpaired) electrons. The number of amides is 1. The van der Waals surface area contributed by atoms with Crippen LogP contribution in [0.1, 0.15) is 17.3 Å². The van der Waals surface area contributed by atoms with Crippen LogP contribution in [0.3, 0.4) is 0 Å². The maximum Gasteiger partial charge on any atom is 0.325 e. The summed E-state index contributed by atoms with van der Waals surface area (Å²) in [5, 5.41) is 0.423. The highest BCUT2D eigenvalue weighted by molar-refractivity contribution is 7.92. The van der Waals surface area contributed by atoms with Gasteiger partial charge in [0.05, 0.1) is 28.8 Å². The third kappa shape index (κ3) is 6.19. The molecule has 37 heavy (non-hydrogen) atoms. The quantitative estimate of drug-likeness (QED) is 0.318. The van der Waals surface area contributed by atoms with Crippen molar-refractivity contribution in [3.05, 3.63) is 82.1 Å². The van der Waals surface area contributed by atoms with Crippen molar-refractivity contribution in [2.75, 3.05) is 18.4 Å². The number of thiazole rings is 1. The third-order valence-corrected chi connectivity index (χ3v) is 7.88. The van der Waals surface area contributed by atoms with E-state index in [1.807, 2.05) is 13.0 Å². The first-order chi connectivity index (χ1) is 17.7. The molecule has 4 aromatic rings. The normalized spacial score (nSPS) is 11.9. The number of carbonyl (C=O) groups excluding carboxylic acids is 2. The number of esters is 1. The van der Waals surface area contributed by atoms with Crippen molar-refractivity contribution in [2.24, 2.45) is 4.99 Å². The summed E-state index contributed by atoms with van der Waals surface area (Å²) in [6.45, 7) is 2.26. The molecule has 0 aliphatic rings. The van der Waals surface area contributed by atoms with Crippen molar-refractivity contribution in [1.82, 2.24) is 4.57 Å². The average molecular weight is 560 g/mol. The fraction of sp³-hybridized carbons (Fsp3) is 0.160. The second-order valence-electron chi connectivity index (χ2n) is 7.66. The van der Waals surface area contributed by atoms with E-state index in [1.165, 1.54) is 67.0 Å². The maximum atomic E-state index is 13.0. The smallest absolute Gasteiger partial charge is 0.325 e. The minimum atomic E-state index is -3.83. The van der Waals surface area contributed by atoms with Gasteiger partial charge < -0.3 is 14.0 Å². The van der Waals surface area contributed by atoms with Gasteiger partial charge in [0.25, 0.3) is 15.9 Å². The number of anilines is 1. The van der Waals surface area contributed by atoms with Crippen LogP contribution in [-0.4, -0.2) is 38.6 Å². The lowest BCUT2D eigenvalue weighted by atomic mass is 10.2. The Morgan fingerprint density at radius 1 is 1.05 bits per heavy atom. The van der Waals surface area contributed by atoms with Crippen LogP contribution in [-0.2, 0) is 26.1 Å². The van der Waals surface area contributed by atoms with Gasteiger partial charge in [0, 0.05) is 16.3 Å². The second kappa shape index (κ2) is 11.2. The minimum Gasteiger partial charge on any atom is -0.494 e. The molecule has 1 amide bonds. The number of methoxy groups -OCH3 is 1. The lowest BCUT2D eigenvalue weighted by Crippen LogP contribution is -2.22. The number of sulfonamides is 1. The molecule has 0 saturated carbocycles. The number of nitrogens with one attached hydrogen (secondary N) is 1. The summed E-state index contributed by atoms with van der Waals surface area (Å²) in [7, 11) is -2.54. The van der Waals surface area contributed by atoms with E-state index in [0.29, 0.717) is 27.7 Å². The van der Waals surface area contributed by atoms with Gasteiger partial charge in [0.1, 0.15) is 12.3 Å². The number of rotatable bonds is 8. The number of hydrogen-bond donors (Lipinski definition) is 1. The number of benzene rings is 3. The van der Waals surface area contributed by atoms with Crippen molar-refractivity contribution in [1.29, 1.82) is 0 Å². The van der Waals surface area contributed by atoms with Crippen molar-refractivity contribution < 1.29 is 27.5 Å².